The van der Waals surface area contributed by atoms with Crippen molar-refractivity contribution < 1.29 is 32.2 Å². The molecule has 0 radical (unpaired) electrons. The van der Waals surface area contributed by atoms with Gasteiger partial charge in [-0.1, -0.05) is 17.2 Å². The van der Waals surface area contributed by atoms with E-state index in [4.69, 9.17) is 28.8 Å². The summed E-state index contributed by atoms with van der Waals surface area (Å²) in [6, 6.07) is 7.52. The standard InChI is InChI=1S/C23H27FN5O8P/c1-21-18(34-23(37-21)9-2-3-10-23)22(13-24,35-19(21)29-11-8-17(30)27-20(29)31)14-33-38(32)36-16-6-4-15(5-7-16)12-26-28-25/h4-8,11,18-19,38H,2-3,9-10,12-14H2,1H3,(H,27,30,31)/t18-,19+,21+,22+/m0/s1. The number of alkyl halides is 1. The lowest BCUT2D eigenvalue weighted by molar-refractivity contribution is -0.252. The number of nitrogens with one attached hydrogen (secondary N) is 1. The van der Waals surface area contributed by atoms with E-state index in [0.717, 1.165) is 29.0 Å². The van der Waals surface area contributed by atoms with Gasteiger partial charge in [-0.05, 0) is 43.0 Å². The van der Waals surface area contributed by atoms with E-state index >= 15 is 0 Å². The van der Waals surface area contributed by atoms with Gasteiger partial charge in [0.15, 0.2) is 17.6 Å². The number of aromatic nitrogens is 2. The summed E-state index contributed by atoms with van der Waals surface area (Å²) in [5.74, 6) is -0.722. The molecule has 1 N–H and O–H groups in total. The molecule has 1 saturated carbocycles. The number of aromatic amines is 1. The van der Waals surface area contributed by atoms with Crippen molar-refractivity contribution in [2.24, 2.45) is 5.11 Å². The number of benzene rings is 1. The van der Waals surface area contributed by atoms with Gasteiger partial charge in [-0.3, -0.25) is 18.9 Å². The minimum Gasteiger partial charge on any atom is -0.426 e. The van der Waals surface area contributed by atoms with Crippen LogP contribution >= 0.6 is 8.25 Å². The number of fused-ring (bicyclic) bond motifs is 1. The second kappa shape index (κ2) is 10.3. The van der Waals surface area contributed by atoms with E-state index in [2.05, 4.69) is 15.0 Å². The molecule has 3 aliphatic rings. The van der Waals surface area contributed by atoms with Gasteiger partial charge in [0.05, 0.1) is 13.2 Å². The fourth-order valence-electron chi connectivity index (χ4n) is 5.43. The Kier molecular flexibility index (Phi) is 7.21. The Morgan fingerprint density at radius 2 is 1.97 bits per heavy atom. The van der Waals surface area contributed by atoms with E-state index in [0.29, 0.717) is 12.8 Å². The lowest BCUT2D eigenvalue weighted by Gasteiger charge is -2.33. The van der Waals surface area contributed by atoms with Crippen LogP contribution < -0.4 is 15.8 Å². The third kappa shape index (κ3) is 4.79. The minimum absolute atomic E-state index is 0.155. The van der Waals surface area contributed by atoms with E-state index in [1.165, 1.54) is 6.20 Å². The molecule has 15 heteroatoms. The maximum absolute atomic E-state index is 14.9. The highest BCUT2D eigenvalue weighted by Gasteiger charge is 2.72. The zero-order chi connectivity index (χ0) is 27.0. The van der Waals surface area contributed by atoms with E-state index < -0.39 is 62.1 Å². The Balaban J connectivity index is 1.38. The average Bonchev–Trinajstić information content (AvgIpc) is 3.54. The molecule has 3 heterocycles. The van der Waals surface area contributed by atoms with Crippen LogP contribution in [-0.4, -0.2) is 45.9 Å². The van der Waals surface area contributed by atoms with E-state index in [1.807, 2.05) is 0 Å². The summed E-state index contributed by atoms with van der Waals surface area (Å²) >= 11 is 0. The molecule has 2 aromatic rings. The predicted molar refractivity (Wildman–Crippen MR) is 131 cm³/mol. The Morgan fingerprint density at radius 3 is 2.63 bits per heavy atom. The van der Waals surface area contributed by atoms with Crippen molar-refractivity contribution in [3.8, 4) is 5.75 Å². The van der Waals surface area contributed by atoms with Gasteiger partial charge < -0.3 is 18.7 Å². The highest BCUT2D eigenvalue weighted by Crippen LogP contribution is 2.58. The van der Waals surface area contributed by atoms with Gasteiger partial charge in [-0.15, -0.1) is 0 Å². The summed E-state index contributed by atoms with van der Waals surface area (Å²) in [5, 5.41) is 3.47. The molecule has 13 nitrogen and oxygen atoms in total. The topological polar surface area (TPSA) is 167 Å². The molecule has 204 valence electrons. The van der Waals surface area contributed by atoms with Gasteiger partial charge in [0.1, 0.15) is 24.1 Å². The van der Waals surface area contributed by atoms with E-state index in [1.54, 1.807) is 31.2 Å². The van der Waals surface area contributed by atoms with Crippen molar-refractivity contribution in [3.05, 3.63) is 73.4 Å². The molecule has 0 amide bonds. The summed E-state index contributed by atoms with van der Waals surface area (Å²) in [5.41, 5.74) is 4.71. The predicted octanol–water partition coefficient (Wildman–Crippen LogP) is 3.51. The number of rotatable bonds is 9. The summed E-state index contributed by atoms with van der Waals surface area (Å²) in [6.45, 7) is 0.221. The van der Waals surface area contributed by atoms with Crippen LogP contribution in [0, 0.1) is 0 Å². The lowest BCUT2D eigenvalue weighted by Crippen LogP contribution is -2.51. The van der Waals surface area contributed by atoms with Crippen molar-refractivity contribution in [1.29, 1.82) is 0 Å². The molecule has 5 rings (SSSR count). The Morgan fingerprint density at radius 1 is 1.24 bits per heavy atom. The molecule has 2 saturated heterocycles. The number of azide groups is 1. The first-order chi connectivity index (χ1) is 18.2. The molecule has 2 aliphatic heterocycles. The second-order valence-electron chi connectivity index (χ2n) is 9.76. The lowest BCUT2D eigenvalue weighted by atomic mass is 9.88. The van der Waals surface area contributed by atoms with Crippen molar-refractivity contribution in [2.45, 2.75) is 68.5 Å². The number of halogens is 1. The Bertz CT molecular complexity index is 1370. The number of H-pyrrole nitrogens is 1. The first kappa shape index (κ1) is 26.6. The molecule has 1 aliphatic carbocycles. The van der Waals surface area contributed by atoms with Gasteiger partial charge >= 0.3 is 13.9 Å². The number of nitrogens with zero attached hydrogens (tertiary/aromatic N) is 4. The molecule has 1 unspecified atom stereocenters. The number of ether oxygens (including phenoxy) is 3. The highest BCUT2D eigenvalue weighted by molar-refractivity contribution is 7.33. The average molecular weight is 551 g/mol. The zero-order valence-corrected chi connectivity index (χ0v) is 21.5. The Hall–Kier alpha value is -2.99. The number of hydrogen-bond acceptors (Lipinski definition) is 9. The van der Waals surface area contributed by atoms with Gasteiger partial charge in [-0.25, -0.2) is 13.8 Å². The zero-order valence-electron chi connectivity index (χ0n) is 20.5. The molecule has 38 heavy (non-hydrogen) atoms. The second-order valence-corrected chi connectivity index (χ2v) is 10.8. The van der Waals surface area contributed by atoms with Crippen LogP contribution in [0.4, 0.5) is 4.39 Å². The first-order valence-corrected chi connectivity index (χ1v) is 13.3. The van der Waals surface area contributed by atoms with E-state index in [9.17, 15) is 18.5 Å². The van der Waals surface area contributed by atoms with Crippen molar-refractivity contribution in [1.82, 2.24) is 9.55 Å². The van der Waals surface area contributed by atoms with Crippen LogP contribution in [0.3, 0.4) is 0 Å². The maximum atomic E-state index is 14.9. The molecule has 1 aromatic carbocycles. The molecular formula is C23H27FN5O8P. The third-order valence-corrected chi connectivity index (χ3v) is 7.93. The molecule has 0 bridgehead atoms. The third-order valence-electron chi connectivity index (χ3n) is 7.14. The first-order valence-electron chi connectivity index (χ1n) is 12.1. The molecule has 3 fully saturated rings. The molecule has 1 aromatic heterocycles. The van der Waals surface area contributed by atoms with Crippen LogP contribution in [0.25, 0.3) is 10.4 Å². The fraction of sp³-hybridized carbons (Fsp3) is 0.565. The smallest absolute Gasteiger partial charge is 0.367 e. The van der Waals surface area contributed by atoms with Crippen LogP contribution in [0.15, 0.2) is 51.2 Å². The van der Waals surface area contributed by atoms with Crippen molar-refractivity contribution in [2.75, 3.05) is 13.3 Å². The van der Waals surface area contributed by atoms with Crippen LogP contribution in [0.1, 0.15) is 44.4 Å². The summed E-state index contributed by atoms with van der Waals surface area (Å²) < 4.78 is 58.4. The quantitative estimate of drug-likeness (QED) is 0.214. The molecular weight excluding hydrogens is 524 g/mol. The van der Waals surface area contributed by atoms with Crippen LogP contribution in [0.2, 0.25) is 0 Å². The van der Waals surface area contributed by atoms with Gasteiger partial charge in [0.25, 0.3) is 5.56 Å². The normalized spacial score (nSPS) is 30.2. The van der Waals surface area contributed by atoms with Gasteiger partial charge in [0, 0.05) is 30.0 Å². The van der Waals surface area contributed by atoms with Gasteiger partial charge in [-0.2, -0.15) is 0 Å². The SMILES string of the molecule is C[C@@]12OC3(CCCC3)O[C@@H]1[C@@](CF)(CO[PH](=O)Oc1ccc(CN=[N+]=[N-])cc1)O[C@H]2n1ccc(=O)[nH]c1=O. The highest BCUT2D eigenvalue weighted by atomic mass is 31.1. The minimum atomic E-state index is -3.17. The maximum Gasteiger partial charge on any atom is 0.367 e. The van der Waals surface area contributed by atoms with E-state index in [-0.39, 0.29) is 12.3 Å². The van der Waals surface area contributed by atoms with Crippen molar-refractivity contribution >= 4 is 8.25 Å². The summed E-state index contributed by atoms with van der Waals surface area (Å²) in [7, 11) is -3.17. The number of hydrogen-bond donors (Lipinski definition) is 1. The monoisotopic (exact) mass is 551 g/mol. The fourth-order valence-corrected chi connectivity index (χ4v) is 6.18. The summed E-state index contributed by atoms with van der Waals surface area (Å²) in [4.78, 5) is 29.1. The molecule has 5 atom stereocenters. The van der Waals surface area contributed by atoms with Crippen LogP contribution in [-0.2, 0) is 29.8 Å². The van der Waals surface area contributed by atoms with Gasteiger partial charge in [0.2, 0.25) is 0 Å². The van der Waals surface area contributed by atoms with Crippen LogP contribution in [0.5, 0.6) is 5.75 Å². The van der Waals surface area contributed by atoms with Crippen molar-refractivity contribution in [3.63, 3.8) is 0 Å². The Labute approximate surface area is 216 Å². The largest absolute Gasteiger partial charge is 0.426 e. The summed E-state index contributed by atoms with van der Waals surface area (Å²) in [6.07, 6.45) is 1.96. The molecule has 1 spiro atoms.